The molecule has 0 atom stereocenters. The Labute approximate surface area is 118 Å². The van der Waals surface area contributed by atoms with E-state index in [0.717, 1.165) is 10.2 Å². The van der Waals surface area contributed by atoms with Gasteiger partial charge in [-0.25, -0.2) is 4.79 Å². The molecule has 0 aromatic heterocycles. The maximum absolute atomic E-state index is 10.7. The van der Waals surface area contributed by atoms with Crippen LogP contribution < -0.4 is 9.47 Å². The molecule has 0 aliphatic rings. The molecule has 0 radical (unpaired) electrons. The minimum absolute atomic E-state index is 0.223. The molecule has 0 saturated heterocycles. The van der Waals surface area contributed by atoms with E-state index in [2.05, 4.69) is 15.9 Å². The SMILES string of the molecule is COc1ccc(Oc2ccc(C(=O)O)cc2)c(Br)c1. The van der Waals surface area contributed by atoms with Crippen molar-refractivity contribution in [2.45, 2.75) is 0 Å². The van der Waals surface area contributed by atoms with Crippen LogP contribution in [0.5, 0.6) is 17.2 Å². The van der Waals surface area contributed by atoms with Gasteiger partial charge in [0.25, 0.3) is 0 Å². The minimum atomic E-state index is -0.961. The first kappa shape index (κ1) is 13.4. The molecule has 0 unspecified atom stereocenters. The average molecular weight is 323 g/mol. The van der Waals surface area contributed by atoms with Gasteiger partial charge in [0.2, 0.25) is 0 Å². The van der Waals surface area contributed by atoms with E-state index < -0.39 is 5.97 Å². The van der Waals surface area contributed by atoms with E-state index in [4.69, 9.17) is 14.6 Å². The van der Waals surface area contributed by atoms with Crippen molar-refractivity contribution in [2.75, 3.05) is 7.11 Å². The monoisotopic (exact) mass is 322 g/mol. The summed E-state index contributed by atoms with van der Waals surface area (Å²) in [4.78, 5) is 10.7. The standard InChI is InChI=1S/C14H11BrO4/c1-18-11-6-7-13(12(15)8-11)19-10-4-2-9(3-5-10)14(16)17/h2-8H,1H3,(H,16,17). The molecule has 0 fully saturated rings. The average Bonchev–Trinajstić information content (AvgIpc) is 2.41. The largest absolute Gasteiger partial charge is 0.497 e. The molecule has 0 aliphatic carbocycles. The molecule has 0 saturated carbocycles. The van der Waals surface area contributed by atoms with Crippen LogP contribution in [0.15, 0.2) is 46.9 Å². The molecule has 98 valence electrons. The number of rotatable bonds is 4. The molecule has 4 nitrogen and oxygen atoms in total. The van der Waals surface area contributed by atoms with Gasteiger partial charge < -0.3 is 14.6 Å². The lowest BCUT2D eigenvalue weighted by Gasteiger charge is -2.09. The fourth-order valence-corrected chi connectivity index (χ4v) is 1.92. The number of hydrogen-bond donors (Lipinski definition) is 1. The predicted molar refractivity (Wildman–Crippen MR) is 74.2 cm³/mol. The van der Waals surface area contributed by atoms with Crippen LogP contribution in [-0.4, -0.2) is 18.2 Å². The lowest BCUT2D eigenvalue weighted by Crippen LogP contribution is -1.95. The van der Waals surface area contributed by atoms with E-state index >= 15 is 0 Å². The van der Waals surface area contributed by atoms with E-state index in [1.54, 1.807) is 37.4 Å². The highest BCUT2D eigenvalue weighted by Gasteiger charge is 2.06. The summed E-state index contributed by atoms with van der Waals surface area (Å²) < 4.78 is 11.5. The summed E-state index contributed by atoms with van der Waals surface area (Å²) in [6.07, 6.45) is 0. The molecule has 2 aromatic carbocycles. The third-order valence-corrected chi connectivity index (χ3v) is 3.09. The Kier molecular flexibility index (Phi) is 4.06. The fraction of sp³-hybridized carbons (Fsp3) is 0.0714. The molecular weight excluding hydrogens is 312 g/mol. The molecule has 0 amide bonds. The molecule has 2 aromatic rings. The highest BCUT2D eigenvalue weighted by atomic mass is 79.9. The van der Waals surface area contributed by atoms with Crippen LogP contribution >= 0.6 is 15.9 Å². The number of benzene rings is 2. The van der Waals surface area contributed by atoms with Gasteiger partial charge in [-0.1, -0.05) is 0 Å². The Hall–Kier alpha value is -2.01. The van der Waals surface area contributed by atoms with Crippen molar-refractivity contribution in [1.82, 2.24) is 0 Å². The van der Waals surface area contributed by atoms with Gasteiger partial charge in [0.15, 0.2) is 0 Å². The van der Waals surface area contributed by atoms with Crippen LogP contribution in [0.4, 0.5) is 0 Å². The maximum Gasteiger partial charge on any atom is 0.335 e. The molecule has 1 N–H and O–H groups in total. The van der Waals surface area contributed by atoms with Crippen LogP contribution in [0.25, 0.3) is 0 Å². The van der Waals surface area contributed by atoms with E-state index in [-0.39, 0.29) is 5.56 Å². The maximum atomic E-state index is 10.7. The second-order valence-electron chi connectivity index (χ2n) is 3.73. The number of carboxylic acids is 1. The Morgan fingerprint density at radius 2 is 1.74 bits per heavy atom. The summed E-state index contributed by atoms with van der Waals surface area (Å²) in [7, 11) is 1.59. The molecule has 19 heavy (non-hydrogen) atoms. The quantitative estimate of drug-likeness (QED) is 0.926. The van der Waals surface area contributed by atoms with Gasteiger partial charge in [0.1, 0.15) is 17.2 Å². The van der Waals surface area contributed by atoms with Gasteiger partial charge >= 0.3 is 5.97 Å². The van der Waals surface area contributed by atoms with E-state index in [1.807, 2.05) is 0 Å². The number of methoxy groups -OCH3 is 1. The van der Waals surface area contributed by atoms with Crippen molar-refractivity contribution in [3.8, 4) is 17.2 Å². The third-order valence-electron chi connectivity index (χ3n) is 2.47. The minimum Gasteiger partial charge on any atom is -0.497 e. The zero-order valence-electron chi connectivity index (χ0n) is 10.1. The molecule has 2 rings (SSSR count). The third kappa shape index (κ3) is 3.26. The molecule has 0 aliphatic heterocycles. The summed E-state index contributed by atoms with van der Waals surface area (Å²) in [6, 6.07) is 11.6. The number of carboxylic acid groups (broad SMARTS) is 1. The lowest BCUT2D eigenvalue weighted by molar-refractivity contribution is 0.0697. The predicted octanol–water partition coefficient (Wildman–Crippen LogP) is 3.95. The summed E-state index contributed by atoms with van der Waals surface area (Å²) in [5, 5.41) is 8.81. The summed E-state index contributed by atoms with van der Waals surface area (Å²) in [6.45, 7) is 0. The zero-order valence-corrected chi connectivity index (χ0v) is 11.7. The van der Waals surface area contributed by atoms with Gasteiger partial charge in [-0.15, -0.1) is 0 Å². The van der Waals surface area contributed by atoms with Crippen LogP contribution in [0.2, 0.25) is 0 Å². The molecule has 0 bridgehead atoms. The van der Waals surface area contributed by atoms with Crippen molar-refractivity contribution < 1.29 is 19.4 Å². The van der Waals surface area contributed by atoms with E-state index in [0.29, 0.717) is 11.5 Å². The number of carbonyl (C=O) groups is 1. The number of aromatic carboxylic acids is 1. The van der Waals surface area contributed by atoms with Crippen molar-refractivity contribution in [3.63, 3.8) is 0 Å². The summed E-state index contributed by atoms with van der Waals surface area (Å²) in [5.41, 5.74) is 0.223. The van der Waals surface area contributed by atoms with Crippen LogP contribution in [0, 0.1) is 0 Å². The van der Waals surface area contributed by atoms with Gasteiger partial charge in [-0.2, -0.15) is 0 Å². The number of halogens is 1. The Bertz CT molecular complexity index is 593. The second-order valence-corrected chi connectivity index (χ2v) is 4.58. The second kappa shape index (κ2) is 5.75. The zero-order chi connectivity index (χ0) is 13.8. The normalized spacial score (nSPS) is 10.0. The Morgan fingerprint density at radius 1 is 1.11 bits per heavy atom. The van der Waals surface area contributed by atoms with Gasteiger partial charge in [0, 0.05) is 0 Å². The number of hydrogen-bond acceptors (Lipinski definition) is 3. The lowest BCUT2D eigenvalue weighted by atomic mass is 10.2. The Morgan fingerprint density at radius 3 is 2.26 bits per heavy atom. The fourth-order valence-electron chi connectivity index (χ4n) is 1.48. The van der Waals surface area contributed by atoms with Crippen LogP contribution in [0.1, 0.15) is 10.4 Å². The first-order valence-electron chi connectivity index (χ1n) is 5.45. The van der Waals surface area contributed by atoms with E-state index in [1.165, 1.54) is 12.1 Å². The van der Waals surface area contributed by atoms with Crippen molar-refractivity contribution in [3.05, 3.63) is 52.5 Å². The van der Waals surface area contributed by atoms with Crippen molar-refractivity contribution >= 4 is 21.9 Å². The van der Waals surface area contributed by atoms with Crippen LogP contribution in [-0.2, 0) is 0 Å². The smallest absolute Gasteiger partial charge is 0.335 e. The first-order valence-corrected chi connectivity index (χ1v) is 6.24. The summed E-state index contributed by atoms with van der Waals surface area (Å²) in [5.74, 6) is 0.956. The Balaban J connectivity index is 2.19. The van der Waals surface area contributed by atoms with Crippen molar-refractivity contribution in [1.29, 1.82) is 0 Å². The topological polar surface area (TPSA) is 55.8 Å². The highest BCUT2D eigenvalue weighted by Crippen LogP contribution is 2.32. The molecule has 5 heteroatoms. The highest BCUT2D eigenvalue weighted by molar-refractivity contribution is 9.10. The molecule has 0 spiro atoms. The van der Waals surface area contributed by atoms with E-state index in [9.17, 15) is 4.79 Å². The molecule has 0 heterocycles. The van der Waals surface area contributed by atoms with Gasteiger partial charge in [0.05, 0.1) is 17.1 Å². The first-order chi connectivity index (χ1) is 9.10. The summed E-state index contributed by atoms with van der Waals surface area (Å²) >= 11 is 3.38. The van der Waals surface area contributed by atoms with Crippen molar-refractivity contribution in [2.24, 2.45) is 0 Å². The molecular formula is C14H11BrO4. The van der Waals surface area contributed by atoms with Gasteiger partial charge in [-0.3, -0.25) is 0 Å². The van der Waals surface area contributed by atoms with Gasteiger partial charge in [-0.05, 0) is 58.4 Å². The van der Waals surface area contributed by atoms with Crippen LogP contribution in [0.3, 0.4) is 0 Å². The number of ether oxygens (including phenoxy) is 2.